The predicted octanol–water partition coefficient (Wildman–Crippen LogP) is 0.214. The number of hydrogen-bond acceptors (Lipinski definition) is 2. The van der Waals surface area contributed by atoms with E-state index in [-0.39, 0.29) is 11.8 Å². The number of aliphatic imine (C=N–C) groups is 1. The number of nitrogens with one attached hydrogen (secondary N) is 1. The number of amides is 1. The first-order valence-electron chi connectivity index (χ1n) is 3.09. The van der Waals surface area contributed by atoms with Gasteiger partial charge in [0.1, 0.15) is 5.92 Å². The first kappa shape index (κ1) is 5.41. The number of nitrogens with zero attached hydrogens (tertiary/aromatic N) is 1. The molecule has 0 aromatic heterocycles. The third-order valence-electron chi connectivity index (χ3n) is 1.58. The van der Waals surface area contributed by atoms with Crippen molar-refractivity contribution in [1.82, 2.24) is 5.32 Å². The Hall–Kier alpha value is -1.38. The number of carbonyl (C=O) groups is 1. The SMILES string of the molecule is O=C1NC=CC2=NC=C[C@@H]12. The molecule has 0 saturated carbocycles. The van der Waals surface area contributed by atoms with Gasteiger partial charge in [-0.05, 0) is 12.2 Å². The van der Waals surface area contributed by atoms with Crippen LogP contribution >= 0.6 is 0 Å². The van der Waals surface area contributed by atoms with E-state index in [4.69, 9.17) is 0 Å². The van der Waals surface area contributed by atoms with Crippen molar-refractivity contribution in [2.75, 3.05) is 0 Å². The summed E-state index contributed by atoms with van der Waals surface area (Å²) < 4.78 is 0. The van der Waals surface area contributed by atoms with E-state index < -0.39 is 0 Å². The summed E-state index contributed by atoms with van der Waals surface area (Å²) in [6, 6.07) is 0. The molecule has 0 aliphatic carbocycles. The largest absolute Gasteiger partial charge is 0.332 e. The van der Waals surface area contributed by atoms with E-state index in [1.807, 2.05) is 6.08 Å². The number of allylic oxidation sites excluding steroid dienone is 1. The average Bonchev–Trinajstić information content (AvgIpc) is 2.36. The molecular weight excluding hydrogens is 128 g/mol. The van der Waals surface area contributed by atoms with Gasteiger partial charge >= 0.3 is 0 Å². The topological polar surface area (TPSA) is 41.5 Å². The molecule has 1 atom stereocenters. The number of carbonyl (C=O) groups excluding carboxylic acids is 1. The molecule has 0 spiro atoms. The number of rotatable bonds is 0. The Morgan fingerprint density at radius 1 is 1.60 bits per heavy atom. The molecule has 3 heteroatoms. The first-order valence-corrected chi connectivity index (χ1v) is 3.09. The minimum absolute atomic E-state index is 0.00926. The van der Waals surface area contributed by atoms with E-state index >= 15 is 0 Å². The van der Waals surface area contributed by atoms with Gasteiger partial charge in [-0.2, -0.15) is 0 Å². The van der Waals surface area contributed by atoms with Crippen molar-refractivity contribution in [2.45, 2.75) is 0 Å². The smallest absolute Gasteiger partial charge is 0.236 e. The molecule has 0 fully saturated rings. The Labute approximate surface area is 58.1 Å². The van der Waals surface area contributed by atoms with Crippen LogP contribution in [-0.4, -0.2) is 11.6 Å². The van der Waals surface area contributed by atoms with E-state index in [9.17, 15) is 4.79 Å². The molecule has 0 radical (unpaired) electrons. The molecule has 1 N–H and O–H groups in total. The van der Waals surface area contributed by atoms with E-state index in [1.165, 1.54) is 0 Å². The van der Waals surface area contributed by atoms with Crippen molar-refractivity contribution in [3.63, 3.8) is 0 Å². The second-order valence-electron chi connectivity index (χ2n) is 2.22. The van der Waals surface area contributed by atoms with Gasteiger partial charge in [-0.15, -0.1) is 0 Å². The molecule has 50 valence electrons. The molecule has 0 bridgehead atoms. The van der Waals surface area contributed by atoms with Crippen molar-refractivity contribution in [3.8, 4) is 0 Å². The van der Waals surface area contributed by atoms with E-state index in [0.29, 0.717) is 0 Å². The van der Waals surface area contributed by atoms with Crippen LogP contribution in [0, 0.1) is 5.92 Å². The number of fused-ring (bicyclic) bond motifs is 1. The Bertz CT molecular complexity index is 263. The lowest BCUT2D eigenvalue weighted by Gasteiger charge is -2.11. The second-order valence-corrected chi connectivity index (χ2v) is 2.22. The van der Waals surface area contributed by atoms with Crippen LogP contribution in [0.15, 0.2) is 29.5 Å². The van der Waals surface area contributed by atoms with Gasteiger partial charge in [-0.1, -0.05) is 0 Å². The van der Waals surface area contributed by atoms with Gasteiger partial charge in [-0.3, -0.25) is 9.79 Å². The van der Waals surface area contributed by atoms with Crippen LogP contribution in [0.25, 0.3) is 0 Å². The second kappa shape index (κ2) is 1.80. The molecule has 10 heavy (non-hydrogen) atoms. The fourth-order valence-corrected chi connectivity index (χ4v) is 1.06. The van der Waals surface area contributed by atoms with Gasteiger partial charge in [0.2, 0.25) is 5.91 Å². The summed E-state index contributed by atoms with van der Waals surface area (Å²) in [6.45, 7) is 0. The zero-order valence-electron chi connectivity index (χ0n) is 5.24. The van der Waals surface area contributed by atoms with Crippen LogP contribution in [0.5, 0.6) is 0 Å². The van der Waals surface area contributed by atoms with E-state index in [2.05, 4.69) is 10.3 Å². The highest BCUT2D eigenvalue weighted by atomic mass is 16.1. The normalized spacial score (nSPS) is 27.8. The molecular formula is C7H6N2O. The lowest BCUT2D eigenvalue weighted by Crippen LogP contribution is -2.32. The Morgan fingerprint density at radius 2 is 2.50 bits per heavy atom. The molecule has 2 heterocycles. The quantitative estimate of drug-likeness (QED) is 0.505. The van der Waals surface area contributed by atoms with Crippen molar-refractivity contribution in [1.29, 1.82) is 0 Å². The lowest BCUT2D eigenvalue weighted by molar-refractivity contribution is -0.121. The maximum Gasteiger partial charge on any atom is 0.236 e. The molecule has 0 aromatic carbocycles. The highest BCUT2D eigenvalue weighted by Gasteiger charge is 2.24. The van der Waals surface area contributed by atoms with Gasteiger partial charge in [-0.25, -0.2) is 0 Å². The minimum atomic E-state index is -0.134. The van der Waals surface area contributed by atoms with Gasteiger partial charge in [0.25, 0.3) is 0 Å². The minimum Gasteiger partial charge on any atom is -0.332 e. The zero-order valence-corrected chi connectivity index (χ0v) is 5.24. The van der Waals surface area contributed by atoms with Crippen molar-refractivity contribution in [3.05, 3.63) is 24.6 Å². The van der Waals surface area contributed by atoms with Crippen molar-refractivity contribution in [2.24, 2.45) is 10.9 Å². The van der Waals surface area contributed by atoms with Crippen molar-refractivity contribution < 1.29 is 4.79 Å². The van der Waals surface area contributed by atoms with Crippen LogP contribution in [0.4, 0.5) is 0 Å². The highest BCUT2D eigenvalue weighted by molar-refractivity contribution is 6.14. The molecule has 0 aromatic rings. The lowest BCUT2D eigenvalue weighted by atomic mass is 10.0. The van der Waals surface area contributed by atoms with Crippen LogP contribution in [0.3, 0.4) is 0 Å². The summed E-state index contributed by atoms with van der Waals surface area (Å²) in [7, 11) is 0. The van der Waals surface area contributed by atoms with Gasteiger partial charge in [0, 0.05) is 12.4 Å². The Kier molecular flexibility index (Phi) is 0.974. The van der Waals surface area contributed by atoms with Gasteiger partial charge in [0.05, 0.1) is 5.71 Å². The Morgan fingerprint density at radius 3 is 3.30 bits per heavy atom. The maximum atomic E-state index is 11.0. The standard InChI is InChI=1S/C7H6N2O/c10-7-5-1-3-8-6(5)2-4-9-7/h1-5H,(H,9,10)/t5-/m1/s1. The molecule has 1 amide bonds. The van der Waals surface area contributed by atoms with Gasteiger partial charge in [0.15, 0.2) is 0 Å². The van der Waals surface area contributed by atoms with Crippen LogP contribution in [-0.2, 0) is 4.79 Å². The number of hydrogen-bond donors (Lipinski definition) is 1. The summed E-state index contributed by atoms with van der Waals surface area (Å²) in [5.41, 5.74) is 0.837. The van der Waals surface area contributed by atoms with Crippen molar-refractivity contribution >= 4 is 11.6 Å². The van der Waals surface area contributed by atoms with Crippen LogP contribution in [0.1, 0.15) is 0 Å². The molecule has 2 rings (SSSR count). The summed E-state index contributed by atoms with van der Waals surface area (Å²) in [6.07, 6.45) is 6.88. The van der Waals surface area contributed by atoms with E-state index in [1.54, 1.807) is 18.5 Å². The van der Waals surface area contributed by atoms with Gasteiger partial charge < -0.3 is 5.32 Å². The summed E-state index contributed by atoms with van der Waals surface area (Å²) in [5.74, 6) is -0.125. The first-order chi connectivity index (χ1) is 4.88. The molecule has 2 aliphatic heterocycles. The highest BCUT2D eigenvalue weighted by Crippen LogP contribution is 2.13. The fraction of sp³-hybridized carbons (Fsp3) is 0.143. The molecule has 0 saturated heterocycles. The van der Waals surface area contributed by atoms with Crippen LogP contribution < -0.4 is 5.32 Å². The summed E-state index contributed by atoms with van der Waals surface area (Å²) in [4.78, 5) is 15.0. The molecule has 3 nitrogen and oxygen atoms in total. The summed E-state index contributed by atoms with van der Waals surface area (Å²) in [5, 5.41) is 2.60. The predicted molar refractivity (Wildman–Crippen MR) is 37.3 cm³/mol. The monoisotopic (exact) mass is 134 g/mol. The summed E-state index contributed by atoms with van der Waals surface area (Å²) >= 11 is 0. The third kappa shape index (κ3) is 0.603. The Balaban J connectivity index is 2.41. The van der Waals surface area contributed by atoms with E-state index in [0.717, 1.165) is 5.71 Å². The maximum absolute atomic E-state index is 11.0. The fourth-order valence-electron chi connectivity index (χ4n) is 1.06. The average molecular weight is 134 g/mol. The third-order valence-corrected chi connectivity index (χ3v) is 1.58. The zero-order chi connectivity index (χ0) is 6.97. The molecule has 2 aliphatic rings. The van der Waals surface area contributed by atoms with Crippen LogP contribution in [0.2, 0.25) is 0 Å². The molecule has 0 unspecified atom stereocenters.